The van der Waals surface area contributed by atoms with Gasteiger partial charge >= 0.3 is 0 Å². The molecule has 1 fully saturated rings. The third-order valence-corrected chi connectivity index (χ3v) is 4.65. The van der Waals surface area contributed by atoms with E-state index in [-0.39, 0.29) is 0 Å². The molecular formula is C17H18Cl2N2. The summed E-state index contributed by atoms with van der Waals surface area (Å²) in [5.74, 6) is 0.555. The van der Waals surface area contributed by atoms with Gasteiger partial charge in [0.25, 0.3) is 0 Å². The molecule has 2 aromatic rings. The van der Waals surface area contributed by atoms with Crippen molar-refractivity contribution in [2.24, 2.45) is 5.92 Å². The number of hydrogen-bond acceptors (Lipinski definition) is 1. The molecule has 1 heterocycles. The van der Waals surface area contributed by atoms with Crippen LogP contribution in [0, 0.1) is 5.92 Å². The van der Waals surface area contributed by atoms with E-state index in [1.54, 1.807) is 6.20 Å². The SMILES string of the molecule is Clc1ccc(/C(=C/n2ccnc2)C2CCCCC2)c(Cl)c1. The third kappa shape index (κ3) is 3.50. The number of imidazole rings is 1. The van der Waals surface area contributed by atoms with Crippen LogP contribution in [0.15, 0.2) is 36.9 Å². The van der Waals surface area contributed by atoms with Gasteiger partial charge in [0, 0.05) is 28.6 Å². The van der Waals surface area contributed by atoms with E-state index < -0.39 is 0 Å². The first-order chi connectivity index (χ1) is 10.2. The summed E-state index contributed by atoms with van der Waals surface area (Å²) in [7, 11) is 0. The molecule has 0 N–H and O–H groups in total. The van der Waals surface area contributed by atoms with Crippen LogP contribution < -0.4 is 0 Å². The highest BCUT2D eigenvalue weighted by Gasteiger charge is 2.21. The molecule has 1 aromatic carbocycles. The van der Waals surface area contributed by atoms with E-state index in [0.717, 1.165) is 10.6 Å². The molecule has 2 nitrogen and oxygen atoms in total. The zero-order chi connectivity index (χ0) is 14.7. The minimum Gasteiger partial charge on any atom is -0.313 e. The lowest BCUT2D eigenvalue weighted by atomic mass is 9.81. The van der Waals surface area contributed by atoms with Gasteiger partial charge in [0.1, 0.15) is 0 Å². The number of nitrogens with zero attached hydrogens (tertiary/aromatic N) is 2. The molecule has 21 heavy (non-hydrogen) atoms. The summed E-state index contributed by atoms with van der Waals surface area (Å²) < 4.78 is 1.99. The summed E-state index contributed by atoms with van der Waals surface area (Å²) in [6, 6.07) is 5.76. The lowest BCUT2D eigenvalue weighted by Crippen LogP contribution is -2.09. The Morgan fingerprint density at radius 3 is 2.67 bits per heavy atom. The molecule has 4 heteroatoms. The maximum absolute atomic E-state index is 6.43. The number of rotatable bonds is 3. The Morgan fingerprint density at radius 1 is 1.19 bits per heavy atom. The highest BCUT2D eigenvalue weighted by atomic mass is 35.5. The van der Waals surface area contributed by atoms with Crippen LogP contribution in [0.1, 0.15) is 37.7 Å². The smallest absolute Gasteiger partial charge is 0.0986 e. The van der Waals surface area contributed by atoms with E-state index in [1.807, 2.05) is 35.3 Å². The lowest BCUT2D eigenvalue weighted by molar-refractivity contribution is 0.430. The van der Waals surface area contributed by atoms with E-state index in [2.05, 4.69) is 11.2 Å². The van der Waals surface area contributed by atoms with Crippen LogP contribution in [0.4, 0.5) is 0 Å². The maximum atomic E-state index is 6.43. The summed E-state index contributed by atoms with van der Waals surface area (Å²) in [5, 5.41) is 1.40. The molecule has 0 unspecified atom stereocenters. The summed E-state index contributed by atoms with van der Waals surface area (Å²) >= 11 is 12.5. The largest absolute Gasteiger partial charge is 0.313 e. The van der Waals surface area contributed by atoms with Gasteiger partial charge in [0.15, 0.2) is 0 Å². The van der Waals surface area contributed by atoms with Crippen LogP contribution >= 0.6 is 23.2 Å². The molecule has 0 radical (unpaired) electrons. The first kappa shape index (κ1) is 14.7. The molecule has 1 aliphatic carbocycles. The highest BCUT2D eigenvalue weighted by Crippen LogP contribution is 2.39. The van der Waals surface area contributed by atoms with Gasteiger partial charge in [-0.1, -0.05) is 48.5 Å². The number of benzene rings is 1. The zero-order valence-electron chi connectivity index (χ0n) is 11.8. The van der Waals surface area contributed by atoms with Crippen LogP contribution in [-0.4, -0.2) is 9.55 Å². The Morgan fingerprint density at radius 2 is 2.00 bits per heavy atom. The standard InChI is InChI=1S/C17H18Cl2N2/c18-14-6-7-15(17(19)10-14)16(11-21-9-8-20-12-21)13-4-2-1-3-5-13/h6-13H,1-5H2/b16-11+. The summed E-state index contributed by atoms with van der Waals surface area (Å²) in [5.41, 5.74) is 2.37. The number of allylic oxidation sites excluding steroid dienone is 1. The number of hydrogen-bond donors (Lipinski definition) is 0. The fraction of sp³-hybridized carbons (Fsp3) is 0.353. The maximum Gasteiger partial charge on any atom is 0.0986 e. The molecule has 0 amide bonds. The minimum atomic E-state index is 0.555. The van der Waals surface area contributed by atoms with E-state index >= 15 is 0 Å². The number of aromatic nitrogens is 2. The zero-order valence-corrected chi connectivity index (χ0v) is 13.3. The molecule has 3 rings (SSSR count). The van der Waals surface area contributed by atoms with Crippen molar-refractivity contribution in [3.8, 4) is 0 Å². The Balaban J connectivity index is 2.02. The van der Waals surface area contributed by atoms with Gasteiger partial charge < -0.3 is 4.57 Å². The van der Waals surface area contributed by atoms with Crippen molar-refractivity contribution < 1.29 is 0 Å². The molecular weight excluding hydrogens is 303 g/mol. The predicted molar refractivity (Wildman–Crippen MR) is 89.4 cm³/mol. The molecule has 110 valence electrons. The second-order valence-corrected chi connectivity index (χ2v) is 6.40. The molecule has 0 atom stereocenters. The van der Waals surface area contributed by atoms with Crippen molar-refractivity contribution in [3.05, 3.63) is 52.5 Å². The Labute approximate surface area is 135 Å². The normalized spacial score (nSPS) is 17.1. The van der Waals surface area contributed by atoms with E-state index in [1.165, 1.54) is 37.7 Å². The van der Waals surface area contributed by atoms with E-state index in [4.69, 9.17) is 23.2 Å². The fourth-order valence-corrected chi connectivity index (χ4v) is 3.56. The van der Waals surface area contributed by atoms with Gasteiger partial charge in [-0.25, -0.2) is 4.98 Å². The summed E-state index contributed by atoms with van der Waals surface area (Å²) in [6.45, 7) is 0. The van der Waals surface area contributed by atoms with E-state index in [0.29, 0.717) is 10.9 Å². The average Bonchev–Trinajstić information content (AvgIpc) is 2.99. The van der Waals surface area contributed by atoms with Crippen LogP contribution in [0.3, 0.4) is 0 Å². The minimum absolute atomic E-state index is 0.555. The lowest BCUT2D eigenvalue weighted by Gasteiger charge is -2.25. The first-order valence-corrected chi connectivity index (χ1v) is 8.14. The summed E-state index contributed by atoms with van der Waals surface area (Å²) in [6.07, 6.45) is 14.1. The Hall–Kier alpha value is -1.25. The fourth-order valence-electron chi connectivity index (χ4n) is 3.04. The highest BCUT2D eigenvalue weighted by molar-refractivity contribution is 6.35. The van der Waals surface area contributed by atoms with E-state index in [9.17, 15) is 0 Å². The summed E-state index contributed by atoms with van der Waals surface area (Å²) in [4.78, 5) is 4.11. The number of halogens is 2. The molecule has 0 saturated heterocycles. The van der Waals surface area contributed by atoms with Gasteiger partial charge in [-0.15, -0.1) is 0 Å². The second kappa shape index (κ2) is 6.67. The van der Waals surface area contributed by atoms with Crippen LogP contribution in [0.25, 0.3) is 11.8 Å². The van der Waals surface area contributed by atoms with Crippen LogP contribution in [-0.2, 0) is 0 Å². The average molecular weight is 321 g/mol. The van der Waals surface area contributed by atoms with Crippen molar-refractivity contribution in [1.82, 2.24) is 9.55 Å². The Kier molecular flexibility index (Phi) is 4.67. The first-order valence-electron chi connectivity index (χ1n) is 7.38. The molecule has 1 aliphatic rings. The second-order valence-electron chi connectivity index (χ2n) is 5.55. The third-order valence-electron chi connectivity index (χ3n) is 4.10. The van der Waals surface area contributed by atoms with Gasteiger partial charge in [-0.2, -0.15) is 0 Å². The van der Waals surface area contributed by atoms with Gasteiger partial charge in [0.2, 0.25) is 0 Å². The van der Waals surface area contributed by atoms with Crippen molar-refractivity contribution in [2.45, 2.75) is 32.1 Å². The van der Waals surface area contributed by atoms with Crippen molar-refractivity contribution in [2.75, 3.05) is 0 Å². The van der Waals surface area contributed by atoms with Crippen molar-refractivity contribution in [3.63, 3.8) is 0 Å². The van der Waals surface area contributed by atoms with Crippen molar-refractivity contribution >= 4 is 35.0 Å². The van der Waals surface area contributed by atoms with Crippen molar-refractivity contribution in [1.29, 1.82) is 0 Å². The van der Waals surface area contributed by atoms with Gasteiger partial charge in [-0.3, -0.25) is 0 Å². The molecule has 1 aromatic heterocycles. The predicted octanol–water partition coefficient (Wildman–Crippen LogP) is 5.77. The monoisotopic (exact) mass is 320 g/mol. The van der Waals surface area contributed by atoms with Gasteiger partial charge in [0.05, 0.1) is 6.33 Å². The van der Waals surface area contributed by atoms with Gasteiger partial charge in [-0.05, 0) is 42.0 Å². The Bertz CT molecular complexity index is 626. The molecule has 0 bridgehead atoms. The molecule has 0 spiro atoms. The molecule has 0 aliphatic heterocycles. The molecule has 1 saturated carbocycles. The van der Waals surface area contributed by atoms with Crippen LogP contribution in [0.2, 0.25) is 10.0 Å². The quantitative estimate of drug-likeness (QED) is 0.702. The topological polar surface area (TPSA) is 17.8 Å². The van der Waals surface area contributed by atoms with Crippen LogP contribution in [0.5, 0.6) is 0 Å².